The third-order valence-corrected chi connectivity index (χ3v) is 2.29. The van der Waals surface area contributed by atoms with E-state index in [0.29, 0.717) is 13.2 Å². The number of hydrogen-bond donors (Lipinski definition) is 0. The summed E-state index contributed by atoms with van der Waals surface area (Å²) in [6, 6.07) is 1.75. The molecule has 0 aromatic rings. The first-order chi connectivity index (χ1) is 5.54. The van der Waals surface area contributed by atoms with Gasteiger partial charge in [-0.3, -0.25) is 9.05 Å². The van der Waals surface area contributed by atoms with Gasteiger partial charge in [-0.05, 0) is 13.8 Å². The van der Waals surface area contributed by atoms with Crippen LogP contribution < -0.4 is 0 Å². The summed E-state index contributed by atoms with van der Waals surface area (Å²) < 4.78 is 19.9. The Balaban J connectivity index is 0. The van der Waals surface area contributed by atoms with E-state index in [1.54, 1.807) is 19.9 Å². The summed E-state index contributed by atoms with van der Waals surface area (Å²) in [6.45, 7) is 2.23. The highest BCUT2D eigenvalue weighted by Gasteiger charge is 2.17. The highest BCUT2D eigenvalue weighted by Crippen LogP contribution is 2.53. The van der Waals surface area contributed by atoms with Gasteiger partial charge in [0, 0.05) is 18.2 Å². The van der Waals surface area contributed by atoms with E-state index in [4.69, 9.17) is 16.5 Å². The van der Waals surface area contributed by atoms with Gasteiger partial charge in [0.25, 0.3) is 0 Å². The molecule has 0 aliphatic carbocycles. The van der Waals surface area contributed by atoms with Gasteiger partial charge in [0.05, 0.1) is 19.3 Å². The third-order valence-electron chi connectivity index (χ3n) is 0.567. The smallest absolute Gasteiger partial charge is 0.297 e. The zero-order valence-corrected chi connectivity index (χ0v) is 9.06. The number of nitrogens with zero attached hydrogens (tertiary/aromatic N) is 1. The molecule has 0 unspecified atom stereocenters. The van der Waals surface area contributed by atoms with Crippen LogP contribution in [0.5, 0.6) is 0 Å². The van der Waals surface area contributed by atoms with Crippen LogP contribution in [0, 0.1) is 11.3 Å². The molecular weight excluding hydrogens is 200 g/mol. The van der Waals surface area contributed by atoms with Gasteiger partial charge >= 0.3 is 6.95 Å². The van der Waals surface area contributed by atoms with Gasteiger partial charge in [-0.25, -0.2) is 4.57 Å². The van der Waals surface area contributed by atoms with Crippen molar-refractivity contribution in [3.63, 3.8) is 0 Å². The number of nitriles is 1. The second kappa shape index (κ2) is 9.02. The van der Waals surface area contributed by atoms with Crippen LogP contribution in [0.15, 0.2) is 0 Å². The molecule has 0 bridgehead atoms. The second-order valence-electron chi connectivity index (χ2n) is 1.49. The van der Waals surface area contributed by atoms with Crippen LogP contribution in [0.25, 0.3) is 0 Å². The highest BCUT2D eigenvalue weighted by molar-refractivity contribution is 7.81. The molecule has 0 rings (SSSR count). The van der Waals surface area contributed by atoms with Crippen molar-refractivity contribution in [3.8, 4) is 6.07 Å². The molecule has 0 amide bonds. The van der Waals surface area contributed by atoms with E-state index in [1.807, 2.05) is 0 Å². The van der Waals surface area contributed by atoms with Gasteiger partial charge in [0.1, 0.15) is 0 Å². The second-order valence-corrected chi connectivity index (χ2v) is 4.11. The molecule has 0 aliphatic heterocycles. The Morgan fingerprint density at radius 2 is 1.67 bits per heavy atom. The quantitative estimate of drug-likeness (QED) is 0.674. The average molecular weight is 214 g/mol. The zero-order valence-electron chi connectivity index (χ0n) is 7.41. The van der Waals surface area contributed by atoms with Crippen molar-refractivity contribution in [1.29, 1.82) is 5.26 Å². The summed E-state index contributed by atoms with van der Waals surface area (Å²) >= 11 is 5.25. The minimum atomic E-state index is -3.22. The molecule has 72 valence electrons. The van der Waals surface area contributed by atoms with Crippen LogP contribution in [-0.2, 0) is 13.6 Å². The Bertz CT molecular complexity index is 170. The molecule has 0 N–H and O–H groups in total. The van der Waals surface area contributed by atoms with Crippen molar-refractivity contribution in [1.82, 2.24) is 0 Å². The van der Waals surface area contributed by atoms with Crippen molar-refractivity contribution < 1.29 is 13.6 Å². The standard InChI is InChI=1S/C4H10ClO3P.C2H3N/c1-3-7-9(5,6)8-4-2;1-2-3/h3-4H2,1-2H3;1H3. The fourth-order valence-electron chi connectivity index (χ4n) is 0.346. The molecule has 0 spiro atoms. The topological polar surface area (TPSA) is 59.3 Å². The van der Waals surface area contributed by atoms with Crippen molar-refractivity contribution in [2.75, 3.05) is 13.2 Å². The lowest BCUT2D eigenvalue weighted by atomic mass is 10.9. The minimum Gasteiger partial charge on any atom is -0.297 e. The summed E-state index contributed by atoms with van der Waals surface area (Å²) in [5.74, 6) is 0. The molecule has 6 heteroatoms. The van der Waals surface area contributed by atoms with Gasteiger partial charge in [0.2, 0.25) is 0 Å². The van der Waals surface area contributed by atoms with Crippen LogP contribution in [0.2, 0.25) is 0 Å². The van der Waals surface area contributed by atoms with E-state index in [9.17, 15) is 4.57 Å². The lowest BCUT2D eigenvalue weighted by molar-refractivity contribution is 0.235. The Kier molecular flexibility index (Phi) is 10.9. The first-order valence-electron chi connectivity index (χ1n) is 3.43. The molecule has 0 radical (unpaired) electrons. The van der Waals surface area contributed by atoms with Gasteiger partial charge in [-0.1, -0.05) is 0 Å². The minimum absolute atomic E-state index is 0.306. The number of halogens is 1. The normalized spacial score (nSPS) is 9.58. The first-order valence-corrected chi connectivity index (χ1v) is 5.88. The SMILES string of the molecule is CC#N.CCOP(=O)(Cl)OCC. The molecule has 0 aromatic heterocycles. The fourth-order valence-corrected chi connectivity index (χ4v) is 1.62. The van der Waals surface area contributed by atoms with E-state index >= 15 is 0 Å². The van der Waals surface area contributed by atoms with Gasteiger partial charge in [-0.2, -0.15) is 5.26 Å². The molecular formula is C6H13ClNO3P. The highest BCUT2D eigenvalue weighted by atomic mass is 35.7. The van der Waals surface area contributed by atoms with Crippen LogP contribution in [0.4, 0.5) is 0 Å². The maximum atomic E-state index is 10.7. The molecule has 0 aliphatic rings. The third kappa shape index (κ3) is 12.6. The van der Waals surface area contributed by atoms with Crippen LogP contribution in [0.3, 0.4) is 0 Å². The molecule has 0 saturated heterocycles. The maximum absolute atomic E-state index is 10.7. The predicted molar refractivity (Wildman–Crippen MR) is 48.0 cm³/mol. The van der Waals surface area contributed by atoms with Crippen molar-refractivity contribution >= 4 is 18.2 Å². The van der Waals surface area contributed by atoms with Crippen LogP contribution >= 0.6 is 18.2 Å². The van der Waals surface area contributed by atoms with Crippen molar-refractivity contribution in [2.45, 2.75) is 20.8 Å². The lowest BCUT2D eigenvalue weighted by Gasteiger charge is -2.06. The average Bonchev–Trinajstić information content (AvgIpc) is 1.88. The van der Waals surface area contributed by atoms with Crippen LogP contribution in [-0.4, -0.2) is 13.2 Å². The number of rotatable bonds is 4. The Morgan fingerprint density at radius 1 is 1.42 bits per heavy atom. The van der Waals surface area contributed by atoms with E-state index in [2.05, 4.69) is 9.05 Å². The largest absolute Gasteiger partial charge is 0.424 e. The predicted octanol–water partition coefficient (Wildman–Crippen LogP) is 2.94. The summed E-state index contributed by atoms with van der Waals surface area (Å²) in [5, 5.41) is 7.32. The van der Waals surface area contributed by atoms with E-state index in [-0.39, 0.29) is 0 Å². The van der Waals surface area contributed by atoms with Gasteiger partial charge < -0.3 is 0 Å². The number of hydrogen-bond acceptors (Lipinski definition) is 4. The molecule has 0 saturated carbocycles. The van der Waals surface area contributed by atoms with E-state index in [1.165, 1.54) is 6.92 Å². The monoisotopic (exact) mass is 213 g/mol. The Hall–Kier alpha value is -0.0700. The fraction of sp³-hybridized carbons (Fsp3) is 0.833. The summed E-state index contributed by atoms with van der Waals surface area (Å²) in [7, 11) is 0. The summed E-state index contributed by atoms with van der Waals surface area (Å²) in [4.78, 5) is 0. The Labute approximate surface area is 77.7 Å². The molecule has 0 aromatic carbocycles. The first kappa shape index (κ1) is 14.5. The molecule has 0 atom stereocenters. The van der Waals surface area contributed by atoms with Crippen LogP contribution in [0.1, 0.15) is 20.8 Å². The molecule has 0 heterocycles. The van der Waals surface area contributed by atoms with Crippen molar-refractivity contribution in [3.05, 3.63) is 0 Å². The van der Waals surface area contributed by atoms with Gasteiger partial charge in [0.15, 0.2) is 0 Å². The Morgan fingerprint density at radius 3 is 1.83 bits per heavy atom. The van der Waals surface area contributed by atoms with Crippen molar-refractivity contribution in [2.24, 2.45) is 0 Å². The summed E-state index contributed by atoms with van der Waals surface area (Å²) in [5.41, 5.74) is 0. The van der Waals surface area contributed by atoms with E-state index < -0.39 is 6.95 Å². The molecule has 12 heavy (non-hydrogen) atoms. The molecule has 4 nitrogen and oxygen atoms in total. The maximum Gasteiger partial charge on any atom is 0.424 e. The molecule has 0 fully saturated rings. The van der Waals surface area contributed by atoms with Gasteiger partial charge in [-0.15, -0.1) is 0 Å². The van der Waals surface area contributed by atoms with E-state index in [0.717, 1.165) is 0 Å². The summed E-state index contributed by atoms with van der Waals surface area (Å²) in [6.07, 6.45) is 0. The zero-order chi connectivity index (χ0) is 10.0. The lowest BCUT2D eigenvalue weighted by Crippen LogP contribution is -1.88.